The summed E-state index contributed by atoms with van der Waals surface area (Å²) in [7, 11) is 1.52. The highest BCUT2D eigenvalue weighted by Gasteiger charge is 2.15. The van der Waals surface area contributed by atoms with Crippen LogP contribution in [0.25, 0.3) is 11.0 Å². The van der Waals surface area contributed by atoms with Crippen molar-refractivity contribution >= 4 is 16.9 Å². The fourth-order valence-electron chi connectivity index (χ4n) is 3.01. The van der Waals surface area contributed by atoms with Crippen LogP contribution in [0.2, 0.25) is 0 Å². The average Bonchev–Trinajstić information content (AvgIpc) is 2.71. The first-order valence-corrected chi connectivity index (χ1v) is 9.23. The molecule has 1 N–H and O–H groups in total. The topological polar surface area (TPSA) is 95.2 Å². The van der Waals surface area contributed by atoms with Gasteiger partial charge in [0.1, 0.15) is 17.9 Å². The summed E-state index contributed by atoms with van der Waals surface area (Å²) in [6.45, 7) is 4.04. The van der Waals surface area contributed by atoms with Crippen LogP contribution in [0.15, 0.2) is 45.6 Å². The molecule has 0 unspecified atom stereocenters. The van der Waals surface area contributed by atoms with Gasteiger partial charge in [0.25, 0.3) is 0 Å². The van der Waals surface area contributed by atoms with E-state index >= 15 is 0 Å². The van der Waals surface area contributed by atoms with Gasteiger partial charge in [0.15, 0.2) is 11.5 Å². The summed E-state index contributed by atoms with van der Waals surface area (Å²) >= 11 is 0. The Morgan fingerprint density at radius 2 is 1.86 bits per heavy atom. The Balaban J connectivity index is 1.87. The van der Waals surface area contributed by atoms with Crippen LogP contribution >= 0.6 is 0 Å². The molecule has 7 nitrogen and oxygen atoms in total. The lowest BCUT2D eigenvalue weighted by atomic mass is 10.0. The van der Waals surface area contributed by atoms with Crippen molar-refractivity contribution in [1.82, 2.24) is 0 Å². The summed E-state index contributed by atoms with van der Waals surface area (Å²) in [4.78, 5) is 24.4. The predicted octanol–water partition coefficient (Wildman–Crippen LogP) is 3.83. The average molecular weight is 398 g/mol. The highest BCUT2D eigenvalue weighted by molar-refractivity contribution is 5.90. The van der Waals surface area contributed by atoms with E-state index in [4.69, 9.17) is 18.6 Å². The van der Waals surface area contributed by atoms with Gasteiger partial charge in [-0.1, -0.05) is 6.92 Å². The molecule has 3 aromatic rings. The third-order valence-electron chi connectivity index (χ3n) is 4.47. The third kappa shape index (κ3) is 4.34. The molecule has 1 aromatic heterocycles. The summed E-state index contributed by atoms with van der Waals surface area (Å²) in [6, 6.07) is 9.18. The number of hydrogen-bond acceptors (Lipinski definition) is 7. The van der Waals surface area contributed by atoms with Gasteiger partial charge in [-0.2, -0.15) is 0 Å². The maximum absolute atomic E-state index is 12.5. The Bertz CT molecular complexity index is 1100. The Morgan fingerprint density at radius 3 is 2.55 bits per heavy atom. The summed E-state index contributed by atoms with van der Waals surface area (Å²) in [5, 5.41) is 10.6. The van der Waals surface area contributed by atoms with E-state index in [0.29, 0.717) is 46.6 Å². The molecule has 0 aliphatic heterocycles. The molecule has 0 radical (unpaired) electrons. The van der Waals surface area contributed by atoms with E-state index in [1.807, 2.05) is 13.8 Å². The molecule has 0 aliphatic carbocycles. The fraction of sp³-hybridized carbons (Fsp3) is 0.273. The normalized spacial score (nSPS) is 10.7. The van der Waals surface area contributed by atoms with E-state index < -0.39 is 11.6 Å². The standard InChI is InChI=1S/C22H22O7/c1-4-13-8-16-15(10-21(24)29-19(16)11-17(13)23)12-28-22(25)14-6-7-18(26-3)20(9-14)27-5-2/h6-11,23H,4-5,12H2,1-3H3. The number of ether oxygens (including phenoxy) is 3. The molecule has 0 atom stereocenters. The monoisotopic (exact) mass is 398 g/mol. The molecule has 0 fully saturated rings. The van der Waals surface area contributed by atoms with Crippen molar-refractivity contribution in [3.8, 4) is 17.2 Å². The molecule has 0 aliphatic rings. The molecule has 0 saturated carbocycles. The Labute approximate surface area is 167 Å². The number of fused-ring (bicyclic) bond motifs is 1. The van der Waals surface area contributed by atoms with Crippen molar-refractivity contribution in [1.29, 1.82) is 0 Å². The second kappa shape index (κ2) is 8.68. The first-order chi connectivity index (χ1) is 14.0. The number of phenolic OH excluding ortho intramolecular Hbond substituents is 1. The molecule has 3 rings (SSSR count). The summed E-state index contributed by atoms with van der Waals surface area (Å²) in [5.74, 6) is 0.448. The lowest BCUT2D eigenvalue weighted by molar-refractivity contribution is 0.0473. The number of carbonyl (C=O) groups excluding carboxylic acids is 1. The molecule has 2 aromatic carbocycles. The van der Waals surface area contributed by atoms with Crippen molar-refractivity contribution in [3.05, 3.63) is 63.5 Å². The number of carbonyl (C=O) groups is 1. The van der Waals surface area contributed by atoms with Crippen molar-refractivity contribution in [2.45, 2.75) is 26.9 Å². The molecule has 7 heteroatoms. The highest BCUT2D eigenvalue weighted by atomic mass is 16.5. The Morgan fingerprint density at radius 1 is 1.07 bits per heavy atom. The molecule has 0 amide bonds. The van der Waals surface area contributed by atoms with Gasteiger partial charge in [0.05, 0.1) is 19.3 Å². The van der Waals surface area contributed by atoms with E-state index in [2.05, 4.69) is 0 Å². The summed E-state index contributed by atoms with van der Waals surface area (Å²) in [6.07, 6.45) is 0.603. The number of rotatable bonds is 7. The quantitative estimate of drug-likeness (QED) is 0.477. The zero-order valence-corrected chi connectivity index (χ0v) is 16.5. The van der Waals surface area contributed by atoms with Crippen LogP contribution in [-0.2, 0) is 17.8 Å². The largest absolute Gasteiger partial charge is 0.508 e. The maximum Gasteiger partial charge on any atom is 0.338 e. The lowest BCUT2D eigenvalue weighted by Gasteiger charge is -2.12. The van der Waals surface area contributed by atoms with Gasteiger partial charge in [0, 0.05) is 23.1 Å². The lowest BCUT2D eigenvalue weighted by Crippen LogP contribution is -2.08. The number of benzene rings is 2. The number of phenols is 1. The number of aromatic hydroxyl groups is 1. The van der Waals surface area contributed by atoms with E-state index in [-0.39, 0.29) is 17.9 Å². The predicted molar refractivity (Wildman–Crippen MR) is 107 cm³/mol. The SMILES string of the molecule is CCOc1cc(C(=O)OCc2cc(=O)oc3cc(O)c(CC)cc23)ccc1OC. The van der Waals surface area contributed by atoms with Crippen molar-refractivity contribution in [2.24, 2.45) is 0 Å². The molecule has 0 saturated heterocycles. The van der Waals surface area contributed by atoms with E-state index in [1.165, 1.54) is 19.2 Å². The van der Waals surface area contributed by atoms with Crippen LogP contribution in [0, 0.1) is 0 Å². The molecule has 0 spiro atoms. The van der Waals surface area contributed by atoms with Crippen LogP contribution in [0.4, 0.5) is 0 Å². The van der Waals surface area contributed by atoms with Gasteiger partial charge in [-0.3, -0.25) is 0 Å². The Hall–Kier alpha value is -3.48. The molecular formula is C22H22O7. The first-order valence-electron chi connectivity index (χ1n) is 9.23. The van der Waals surface area contributed by atoms with Gasteiger partial charge in [-0.15, -0.1) is 0 Å². The van der Waals surface area contributed by atoms with Gasteiger partial charge in [-0.05, 0) is 43.2 Å². The van der Waals surface area contributed by atoms with E-state index in [1.54, 1.807) is 24.3 Å². The molecule has 1 heterocycles. The van der Waals surface area contributed by atoms with Crippen molar-refractivity contribution in [2.75, 3.05) is 13.7 Å². The van der Waals surface area contributed by atoms with Crippen molar-refractivity contribution < 1.29 is 28.5 Å². The Kier molecular flexibility index (Phi) is 6.07. The van der Waals surface area contributed by atoms with Gasteiger partial charge < -0.3 is 23.7 Å². The molecule has 29 heavy (non-hydrogen) atoms. The van der Waals surface area contributed by atoms with E-state index in [9.17, 15) is 14.7 Å². The highest BCUT2D eigenvalue weighted by Crippen LogP contribution is 2.29. The van der Waals surface area contributed by atoms with Crippen LogP contribution < -0.4 is 15.1 Å². The van der Waals surface area contributed by atoms with Crippen LogP contribution in [-0.4, -0.2) is 24.8 Å². The maximum atomic E-state index is 12.5. The van der Waals surface area contributed by atoms with Crippen LogP contribution in [0.3, 0.4) is 0 Å². The van der Waals surface area contributed by atoms with Gasteiger partial charge in [0.2, 0.25) is 0 Å². The number of hydrogen-bond donors (Lipinski definition) is 1. The third-order valence-corrected chi connectivity index (χ3v) is 4.47. The second-order valence-electron chi connectivity index (χ2n) is 6.30. The van der Waals surface area contributed by atoms with Crippen LogP contribution in [0.5, 0.6) is 17.2 Å². The minimum Gasteiger partial charge on any atom is -0.508 e. The second-order valence-corrected chi connectivity index (χ2v) is 6.30. The van der Waals surface area contributed by atoms with Gasteiger partial charge in [-0.25, -0.2) is 9.59 Å². The number of aryl methyl sites for hydroxylation is 1. The smallest absolute Gasteiger partial charge is 0.338 e. The molecule has 0 bridgehead atoms. The first kappa shape index (κ1) is 20.3. The zero-order valence-electron chi connectivity index (χ0n) is 16.5. The minimum atomic E-state index is -0.588. The van der Waals surface area contributed by atoms with Gasteiger partial charge >= 0.3 is 11.6 Å². The summed E-state index contributed by atoms with van der Waals surface area (Å²) < 4.78 is 21.3. The number of methoxy groups -OCH3 is 1. The molecule has 152 valence electrons. The van der Waals surface area contributed by atoms with E-state index in [0.717, 1.165) is 0 Å². The number of esters is 1. The fourth-order valence-corrected chi connectivity index (χ4v) is 3.01. The minimum absolute atomic E-state index is 0.0546. The zero-order chi connectivity index (χ0) is 21.0. The van der Waals surface area contributed by atoms with Crippen LogP contribution in [0.1, 0.15) is 35.3 Å². The molecular weight excluding hydrogens is 376 g/mol. The summed E-state index contributed by atoms with van der Waals surface area (Å²) in [5.41, 5.74) is 1.15. The van der Waals surface area contributed by atoms with Crippen molar-refractivity contribution in [3.63, 3.8) is 0 Å².